The average Bonchev–Trinajstić information content (AvgIpc) is 3.11. The fourth-order valence-electron chi connectivity index (χ4n) is 2.72. The molecule has 3 aromatic rings. The summed E-state index contributed by atoms with van der Waals surface area (Å²) in [7, 11) is 1.59. The van der Waals surface area contributed by atoms with Crippen molar-refractivity contribution < 1.29 is 14.1 Å². The molecule has 1 aliphatic rings. The number of methoxy groups -OCH3 is 1. The monoisotopic (exact) mass is 351 g/mol. The Hall–Kier alpha value is -3.42. The number of likely N-dealkylation sites (tertiary alicyclic amines) is 1. The summed E-state index contributed by atoms with van der Waals surface area (Å²) in [5, 5.41) is 6.84. The molecule has 2 amide bonds. The van der Waals surface area contributed by atoms with Gasteiger partial charge in [-0.1, -0.05) is 11.2 Å². The van der Waals surface area contributed by atoms with Crippen LogP contribution >= 0.6 is 0 Å². The van der Waals surface area contributed by atoms with Crippen LogP contribution in [-0.2, 0) is 0 Å². The summed E-state index contributed by atoms with van der Waals surface area (Å²) in [6, 6.07) is 10.8. The Morgan fingerprint density at radius 3 is 2.96 bits per heavy atom. The molecule has 1 fully saturated rings. The number of urea groups is 1. The number of benzene rings is 1. The maximum Gasteiger partial charge on any atom is 0.321 e. The van der Waals surface area contributed by atoms with Crippen molar-refractivity contribution >= 4 is 11.7 Å². The van der Waals surface area contributed by atoms with E-state index in [1.165, 1.54) is 0 Å². The molecule has 0 spiro atoms. The standard InChI is InChI=1S/C18H17N5O3/c1-25-15-6-2-5-14(8-15)20-18(24)23-10-13(11-23)17-21-16(22-26-17)12-4-3-7-19-9-12/h2-9,13H,10-11H2,1H3,(H,20,24). The number of hydrogen-bond acceptors (Lipinski definition) is 6. The zero-order chi connectivity index (χ0) is 17.9. The predicted molar refractivity (Wildman–Crippen MR) is 93.9 cm³/mol. The van der Waals surface area contributed by atoms with Crippen LogP contribution in [0.5, 0.6) is 5.75 Å². The normalized spacial score (nSPS) is 14.0. The molecule has 0 radical (unpaired) electrons. The second kappa shape index (κ2) is 6.83. The summed E-state index contributed by atoms with van der Waals surface area (Å²) >= 11 is 0. The number of carbonyl (C=O) groups is 1. The molecule has 0 bridgehead atoms. The molecule has 1 aliphatic heterocycles. The van der Waals surface area contributed by atoms with Gasteiger partial charge in [0.2, 0.25) is 11.7 Å². The molecule has 1 aromatic carbocycles. The summed E-state index contributed by atoms with van der Waals surface area (Å²) < 4.78 is 10.5. The van der Waals surface area contributed by atoms with E-state index < -0.39 is 0 Å². The fourth-order valence-corrected chi connectivity index (χ4v) is 2.72. The molecule has 2 aromatic heterocycles. The van der Waals surface area contributed by atoms with Crippen molar-refractivity contribution in [3.63, 3.8) is 0 Å². The first-order chi connectivity index (χ1) is 12.7. The van der Waals surface area contributed by atoms with Crippen LogP contribution in [0.3, 0.4) is 0 Å². The van der Waals surface area contributed by atoms with Gasteiger partial charge in [-0.05, 0) is 24.3 Å². The van der Waals surface area contributed by atoms with Crippen molar-refractivity contribution in [3.05, 3.63) is 54.7 Å². The van der Waals surface area contributed by atoms with E-state index in [4.69, 9.17) is 9.26 Å². The molecular formula is C18H17N5O3. The zero-order valence-electron chi connectivity index (χ0n) is 14.1. The highest BCUT2D eigenvalue weighted by molar-refractivity contribution is 5.90. The Bertz CT molecular complexity index is 906. The van der Waals surface area contributed by atoms with E-state index in [-0.39, 0.29) is 11.9 Å². The van der Waals surface area contributed by atoms with E-state index in [9.17, 15) is 4.79 Å². The highest BCUT2D eigenvalue weighted by Crippen LogP contribution is 2.28. The van der Waals surface area contributed by atoms with Crippen molar-refractivity contribution in [3.8, 4) is 17.1 Å². The lowest BCUT2D eigenvalue weighted by Crippen LogP contribution is -2.50. The third-order valence-electron chi connectivity index (χ3n) is 4.20. The number of ether oxygens (including phenoxy) is 1. The van der Waals surface area contributed by atoms with Gasteiger partial charge >= 0.3 is 6.03 Å². The van der Waals surface area contributed by atoms with Gasteiger partial charge in [-0.15, -0.1) is 0 Å². The Balaban J connectivity index is 1.35. The third kappa shape index (κ3) is 3.21. The lowest BCUT2D eigenvalue weighted by Gasteiger charge is -2.36. The first-order valence-corrected chi connectivity index (χ1v) is 8.17. The molecule has 1 saturated heterocycles. The molecule has 4 rings (SSSR count). The molecule has 132 valence electrons. The molecular weight excluding hydrogens is 334 g/mol. The molecule has 0 saturated carbocycles. The molecule has 0 unspecified atom stereocenters. The minimum atomic E-state index is -0.165. The molecule has 1 N–H and O–H groups in total. The third-order valence-corrected chi connectivity index (χ3v) is 4.20. The number of nitrogens with one attached hydrogen (secondary N) is 1. The lowest BCUT2D eigenvalue weighted by atomic mass is 10.0. The van der Waals surface area contributed by atoms with Gasteiger partial charge in [0.05, 0.1) is 13.0 Å². The van der Waals surface area contributed by atoms with Crippen LogP contribution in [0.1, 0.15) is 11.8 Å². The van der Waals surface area contributed by atoms with E-state index in [0.717, 1.165) is 5.56 Å². The molecule has 0 aliphatic carbocycles. The molecule has 26 heavy (non-hydrogen) atoms. The maximum absolute atomic E-state index is 12.3. The smallest absolute Gasteiger partial charge is 0.321 e. The van der Waals surface area contributed by atoms with Gasteiger partial charge in [-0.2, -0.15) is 4.98 Å². The number of hydrogen-bond donors (Lipinski definition) is 1. The summed E-state index contributed by atoms with van der Waals surface area (Å²) in [6.45, 7) is 1.06. The highest BCUT2D eigenvalue weighted by atomic mass is 16.5. The van der Waals surface area contributed by atoms with Gasteiger partial charge in [0.25, 0.3) is 0 Å². The van der Waals surface area contributed by atoms with E-state index in [1.807, 2.05) is 30.3 Å². The summed E-state index contributed by atoms with van der Waals surface area (Å²) in [4.78, 5) is 22.4. The quantitative estimate of drug-likeness (QED) is 0.777. The second-order valence-corrected chi connectivity index (χ2v) is 5.96. The van der Waals surface area contributed by atoms with E-state index in [2.05, 4.69) is 20.4 Å². The lowest BCUT2D eigenvalue weighted by molar-refractivity contribution is 0.147. The van der Waals surface area contributed by atoms with Gasteiger partial charge in [0, 0.05) is 42.8 Å². The van der Waals surface area contributed by atoms with Crippen molar-refractivity contribution in [1.29, 1.82) is 0 Å². The summed E-state index contributed by atoms with van der Waals surface area (Å²) in [5.74, 6) is 1.78. The molecule has 3 heterocycles. The maximum atomic E-state index is 12.3. The topological polar surface area (TPSA) is 93.4 Å². The number of anilines is 1. The minimum Gasteiger partial charge on any atom is -0.497 e. The fraction of sp³-hybridized carbons (Fsp3) is 0.222. The van der Waals surface area contributed by atoms with Crippen LogP contribution in [0.25, 0.3) is 11.4 Å². The van der Waals surface area contributed by atoms with Crippen molar-refractivity contribution in [2.45, 2.75) is 5.92 Å². The largest absolute Gasteiger partial charge is 0.497 e. The number of aromatic nitrogens is 3. The molecule has 0 atom stereocenters. The van der Waals surface area contributed by atoms with Crippen LogP contribution in [0.2, 0.25) is 0 Å². The first kappa shape index (κ1) is 16.1. The van der Waals surface area contributed by atoms with Crippen molar-refractivity contribution in [2.24, 2.45) is 0 Å². The zero-order valence-corrected chi connectivity index (χ0v) is 14.1. The number of amides is 2. The van der Waals surface area contributed by atoms with Crippen LogP contribution in [0.15, 0.2) is 53.3 Å². The SMILES string of the molecule is COc1cccc(NC(=O)N2CC(c3nc(-c4cccnc4)no3)C2)c1. The summed E-state index contributed by atoms with van der Waals surface area (Å²) in [5.41, 5.74) is 1.49. The number of carbonyl (C=O) groups excluding carboxylic acids is 1. The number of pyridine rings is 1. The van der Waals surface area contributed by atoms with Crippen molar-refractivity contribution in [2.75, 3.05) is 25.5 Å². The van der Waals surface area contributed by atoms with Crippen LogP contribution in [0, 0.1) is 0 Å². The van der Waals surface area contributed by atoms with Gasteiger partial charge < -0.3 is 19.5 Å². The number of nitrogens with zero attached hydrogens (tertiary/aromatic N) is 4. The van der Waals surface area contributed by atoms with Crippen LogP contribution < -0.4 is 10.1 Å². The van der Waals surface area contributed by atoms with E-state index in [0.29, 0.717) is 36.2 Å². The minimum absolute atomic E-state index is 0.0454. The predicted octanol–water partition coefficient (Wildman–Crippen LogP) is 2.77. The first-order valence-electron chi connectivity index (χ1n) is 8.17. The van der Waals surface area contributed by atoms with Gasteiger partial charge in [-0.3, -0.25) is 4.98 Å². The Kier molecular flexibility index (Phi) is 4.22. The average molecular weight is 351 g/mol. The van der Waals surface area contributed by atoms with Gasteiger partial charge in [0.1, 0.15) is 5.75 Å². The van der Waals surface area contributed by atoms with E-state index in [1.54, 1.807) is 30.5 Å². The van der Waals surface area contributed by atoms with Gasteiger partial charge in [0.15, 0.2) is 0 Å². The van der Waals surface area contributed by atoms with Crippen LogP contribution in [0.4, 0.5) is 10.5 Å². The number of rotatable bonds is 4. The van der Waals surface area contributed by atoms with Crippen molar-refractivity contribution in [1.82, 2.24) is 20.0 Å². The highest BCUT2D eigenvalue weighted by Gasteiger charge is 2.35. The Morgan fingerprint density at radius 2 is 2.19 bits per heavy atom. The van der Waals surface area contributed by atoms with Crippen LogP contribution in [-0.4, -0.2) is 46.3 Å². The molecule has 8 nitrogen and oxygen atoms in total. The van der Waals surface area contributed by atoms with E-state index >= 15 is 0 Å². The summed E-state index contributed by atoms with van der Waals surface area (Å²) in [6.07, 6.45) is 3.37. The molecule has 8 heteroatoms. The Labute approximate surface area is 149 Å². The van der Waals surface area contributed by atoms with Gasteiger partial charge in [-0.25, -0.2) is 4.79 Å². The Morgan fingerprint density at radius 1 is 1.31 bits per heavy atom. The second-order valence-electron chi connectivity index (χ2n) is 5.96.